The van der Waals surface area contributed by atoms with Gasteiger partial charge in [0.2, 0.25) is 0 Å². The Hall–Kier alpha value is -3.15. The third-order valence-electron chi connectivity index (χ3n) is 5.39. The maximum Gasteiger partial charge on any atom is 0.410 e. The van der Waals surface area contributed by atoms with Crippen LogP contribution in [0.2, 0.25) is 5.02 Å². The van der Waals surface area contributed by atoms with Gasteiger partial charge in [-0.2, -0.15) is 0 Å². The van der Waals surface area contributed by atoms with Crippen LogP contribution < -0.4 is 0 Å². The molecule has 3 aromatic rings. The Labute approximate surface area is 206 Å². The van der Waals surface area contributed by atoms with Crippen LogP contribution in [0.3, 0.4) is 0 Å². The largest absolute Gasteiger partial charge is 0.444 e. The number of carbonyl (C=O) groups is 1. The highest BCUT2D eigenvalue weighted by Crippen LogP contribution is 2.32. The molecule has 1 saturated heterocycles. The second kappa shape index (κ2) is 10.4. The van der Waals surface area contributed by atoms with Gasteiger partial charge in [-0.15, -0.1) is 0 Å². The summed E-state index contributed by atoms with van der Waals surface area (Å²) in [6.07, 6.45) is -0.608. The third kappa shape index (κ3) is 6.04. The molecule has 1 aliphatic heterocycles. The molecule has 0 radical (unpaired) electrons. The number of amides is 1. The van der Waals surface area contributed by atoms with Crippen molar-refractivity contribution >= 4 is 29.1 Å². The summed E-state index contributed by atoms with van der Waals surface area (Å²) in [6, 6.07) is 25.8. The van der Waals surface area contributed by atoms with E-state index >= 15 is 0 Å². The van der Waals surface area contributed by atoms with Gasteiger partial charge in [-0.05, 0) is 38.5 Å². The van der Waals surface area contributed by atoms with Crippen molar-refractivity contribution in [1.29, 1.82) is 0 Å². The Morgan fingerprint density at radius 1 is 1.00 bits per heavy atom. The number of carbonyl (C=O) groups excluding carboxylic acids is 1. The van der Waals surface area contributed by atoms with E-state index in [2.05, 4.69) is 0 Å². The van der Waals surface area contributed by atoms with Crippen LogP contribution in [0.25, 0.3) is 0 Å². The maximum atomic E-state index is 12.5. The van der Waals surface area contributed by atoms with Crippen molar-refractivity contribution in [2.24, 2.45) is 4.99 Å². The molecule has 6 heteroatoms. The minimum absolute atomic E-state index is 0.278. The first-order chi connectivity index (χ1) is 16.3. The zero-order valence-corrected chi connectivity index (χ0v) is 20.5. The number of rotatable bonds is 4. The van der Waals surface area contributed by atoms with Gasteiger partial charge in [0, 0.05) is 17.7 Å². The van der Waals surface area contributed by atoms with Crippen LogP contribution in [0.15, 0.2) is 83.9 Å². The lowest BCUT2D eigenvalue weighted by molar-refractivity contribution is -0.0432. The second-order valence-corrected chi connectivity index (χ2v) is 9.60. The Kier molecular flexibility index (Phi) is 7.35. The molecule has 1 heterocycles. The molecule has 1 atom stereocenters. The minimum Gasteiger partial charge on any atom is -0.444 e. The van der Waals surface area contributed by atoms with E-state index in [0.29, 0.717) is 30.4 Å². The molecular weight excluding hydrogens is 448 g/mol. The van der Waals surface area contributed by atoms with Crippen molar-refractivity contribution in [3.05, 3.63) is 101 Å². The zero-order valence-electron chi connectivity index (χ0n) is 19.7. The lowest BCUT2D eigenvalue weighted by Gasteiger charge is -2.34. The van der Waals surface area contributed by atoms with Crippen LogP contribution in [0.1, 0.15) is 43.6 Å². The van der Waals surface area contributed by atoms with E-state index < -0.39 is 5.60 Å². The van der Waals surface area contributed by atoms with E-state index in [9.17, 15) is 4.79 Å². The van der Waals surface area contributed by atoms with Gasteiger partial charge < -0.3 is 14.4 Å². The fourth-order valence-electron chi connectivity index (χ4n) is 3.77. The fourth-order valence-corrected chi connectivity index (χ4v) is 4.00. The Bertz CT molecular complexity index is 1120. The molecule has 0 aromatic heterocycles. The van der Waals surface area contributed by atoms with Gasteiger partial charge in [0.05, 0.1) is 29.6 Å². The Morgan fingerprint density at radius 3 is 2.18 bits per heavy atom. The normalized spacial score (nSPS) is 16.1. The molecule has 1 aliphatic rings. The van der Waals surface area contributed by atoms with Crippen LogP contribution >= 0.6 is 11.6 Å². The molecular formula is C28H29ClN2O3. The maximum absolute atomic E-state index is 12.5. The number of aliphatic imine (C=N–C) groups is 1. The molecule has 1 unspecified atom stereocenters. The fraction of sp³-hybridized carbons (Fsp3) is 0.286. The summed E-state index contributed by atoms with van der Waals surface area (Å²) < 4.78 is 11.5. The molecule has 0 saturated carbocycles. The van der Waals surface area contributed by atoms with Crippen LogP contribution in [0, 0.1) is 0 Å². The molecule has 1 fully saturated rings. The molecule has 0 bridgehead atoms. The van der Waals surface area contributed by atoms with Gasteiger partial charge >= 0.3 is 6.09 Å². The van der Waals surface area contributed by atoms with E-state index in [-0.39, 0.29) is 12.2 Å². The van der Waals surface area contributed by atoms with Crippen molar-refractivity contribution in [3.63, 3.8) is 0 Å². The van der Waals surface area contributed by atoms with Crippen molar-refractivity contribution in [3.8, 4) is 0 Å². The molecule has 176 valence electrons. The summed E-state index contributed by atoms with van der Waals surface area (Å²) >= 11 is 6.69. The predicted octanol–water partition coefficient (Wildman–Crippen LogP) is 6.82. The van der Waals surface area contributed by atoms with E-state index in [0.717, 1.165) is 22.4 Å². The van der Waals surface area contributed by atoms with E-state index in [1.54, 1.807) is 4.90 Å². The van der Waals surface area contributed by atoms with Gasteiger partial charge in [0.25, 0.3) is 0 Å². The number of benzene rings is 3. The van der Waals surface area contributed by atoms with Crippen LogP contribution in [0.5, 0.6) is 0 Å². The van der Waals surface area contributed by atoms with E-state index in [1.807, 2.05) is 99.6 Å². The van der Waals surface area contributed by atoms with Gasteiger partial charge in [0.15, 0.2) is 0 Å². The highest BCUT2D eigenvalue weighted by atomic mass is 35.5. The lowest BCUT2D eigenvalue weighted by atomic mass is 10.0. The number of ether oxygens (including phenoxy) is 2. The quantitative estimate of drug-likeness (QED) is 0.388. The van der Waals surface area contributed by atoms with Gasteiger partial charge in [-0.25, -0.2) is 9.79 Å². The molecule has 0 spiro atoms. The van der Waals surface area contributed by atoms with Crippen molar-refractivity contribution in [2.45, 2.75) is 32.5 Å². The third-order valence-corrected chi connectivity index (χ3v) is 5.69. The molecule has 1 amide bonds. The zero-order chi connectivity index (χ0) is 24.1. The first-order valence-corrected chi connectivity index (χ1v) is 11.8. The monoisotopic (exact) mass is 476 g/mol. The SMILES string of the molecule is CC(C)(C)OC(=O)N1CCOC(c2ccc(N=C(c3ccccc3)c3ccccc3)c(Cl)c2)C1. The van der Waals surface area contributed by atoms with Gasteiger partial charge in [0.1, 0.15) is 11.7 Å². The summed E-state index contributed by atoms with van der Waals surface area (Å²) in [5.74, 6) is 0. The van der Waals surface area contributed by atoms with Crippen molar-refractivity contribution in [1.82, 2.24) is 4.90 Å². The highest BCUT2D eigenvalue weighted by molar-refractivity contribution is 6.33. The number of hydrogen-bond acceptors (Lipinski definition) is 4. The van der Waals surface area contributed by atoms with E-state index in [1.165, 1.54) is 0 Å². The second-order valence-electron chi connectivity index (χ2n) is 9.19. The number of halogens is 1. The Balaban J connectivity index is 1.59. The number of hydrogen-bond donors (Lipinski definition) is 0. The number of nitrogens with zero attached hydrogens (tertiary/aromatic N) is 2. The number of morpholine rings is 1. The molecule has 3 aromatic carbocycles. The summed E-state index contributed by atoms with van der Waals surface area (Å²) in [5, 5.41) is 0.528. The molecule has 34 heavy (non-hydrogen) atoms. The van der Waals surface area contributed by atoms with Crippen molar-refractivity contribution in [2.75, 3.05) is 19.7 Å². The molecule has 5 nitrogen and oxygen atoms in total. The van der Waals surface area contributed by atoms with Crippen LogP contribution in [0.4, 0.5) is 10.5 Å². The molecule has 4 rings (SSSR count). The standard InChI is InChI=1S/C28H29ClN2O3/c1-28(2,3)34-27(32)31-16-17-33-25(19-31)22-14-15-24(23(29)18-22)30-26(20-10-6-4-7-11-20)21-12-8-5-9-13-21/h4-15,18,25H,16-17,19H2,1-3H3. The van der Waals surface area contributed by atoms with Gasteiger partial charge in [-0.1, -0.05) is 78.3 Å². The summed E-state index contributed by atoms with van der Waals surface area (Å²) in [7, 11) is 0. The topological polar surface area (TPSA) is 51.1 Å². The summed E-state index contributed by atoms with van der Waals surface area (Å²) in [6.45, 7) is 6.93. The first-order valence-electron chi connectivity index (χ1n) is 11.4. The average Bonchev–Trinajstić information content (AvgIpc) is 2.83. The van der Waals surface area contributed by atoms with Gasteiger partial charge in [-0.3, -0.25) is 0 Å². The summed E-state index contributed by atoms with van der Waals surface area (Å²) in [4.78, 5) is 19.1. The average molecular weight is 477 g/mol. The summed E-state index contributed by atoms with van der Waals surface area (Å²) in [5.41, 5.74) is 3.91. The van der Waals surface area contributed by atoms with Crippen molar-refractivity contribution < 1.29 is 14.3 Å². The predicted molar refractivity (Wildman–Crippen MR) is 136 cm³/mol. The molecule has 0 aliphatic carbocycles. The smallest absolute Gasteiger partial charge is 0.410 e. The van der Waals surface area contributed by atoms with E-state index in [4.69, 9.17) is 26.1 Å². The first kappa shape index (κ1) is 24.0. The lowest BCUT2D eigenvalue weighted by Crippen LogP contribution is -2.44. The van der Waals surface area contributed by atoms with Crippen LogP contribution in [-0.4, -0.2) is 42.0 Å². The molecule has 0 N–H and O–H groups in total. The van der Waals surface area contributed by atoms with Crippen LogP contribution in [-0.2, 0) is 9.47 Å². The highest BCUT2D eigenvalue weighted by Gasteiger charge is 2.29. The minimum atomic E-state index is -0.539. The Morgan fingerprint density at radius 2 is 1.62 bits per heavy atom.